The van der Waals surface area contributed by atoms with Crippen molar-refractivity contribution in [3.05, 3.63) is 59.2 Å². The van der Waals surface area contributed by atoms with Crippen LogP contribution in [0.5, 0.6) is 5.75 Å². The lowest BCUT2D eigenvalue weighted by molar-refractivity contribution is -0.139. The maximum atomic E-state index is 13.6. The molecule has 8 nitrogen and oxygen atoms in total. The summed E-state index contributed by atoms with van der Waals surface area (Å²) >= 11 is 0. The Morgan fingerprint density at radius 3 is 2.17 bits per heavy atom. The Balaban J connectivity index is 2.39. The normalized spacial score (nSPS) is 12.2. The van der Waals surface area contributed by atoms with Gasteiger partial charge < -0.3 is 15.0 Å². The molecular formula is C26H37N3O5S. The van der Waals surface area contributed by atoms with E-state index in [0.717, 1.165) is 27.3 Å². The van der Waals surface area contributed by atoms with E-state index in [1.165, 1.54) is 4.90 Å². The molecule has 0 bridgehead atoms. The molecule has 0 radical (unpaired) electrons. The van der Waals surface area contributed by atoms with Gasteiger partial charge in [-0.2, -0.15) is 0 Å². The van der Waals surface area contributed by atoms with Gasteiger partial charge in [-0.3, -0.25) is 13.9 Å². The average Bonchev–Trinajstić information content (AvgIpc) is 2.79. The van der Waals surface area contributed by atoms with E-state index in [-0.39, 0.29) is 18.4 Å². The number of rotatable bonds is 11. The van der Waals surface area contributed by atoms with Gasteiger partial charge in [0.15, 0.2) is 0 Å². The van der Waals surface area contributed by atoms with Gasteiger partial charge in [-0.05, 0) is 56.0 Å². The predicted octanol–water partition coefficient (Wildman–Crippen LogP) is 3.27. The van der Waals surface area contributed by atoms with Gasteiger partial charge >= 0.3 is 0 Å². The van der Waals surface area contributed by atoms with Crippen molar-refractivity contribution in [2.45, 2.75) is 47.2 Å². The Hall–Kier alpha value is -3.07. The Morgan fingerprint density at radius 2 is 1.66 bits per heavy atom. The summed E-state index contributed by atoms with van der Waals surface area (Å²) in [6, 6.07) is 11.8. The molecule has 0 unspecified atom stereocenters. The molecule has 0 aromatic heterocycles. The van der Waals surface area contributed by atoms with Gasteiger partial charge in [-0.1, -0.05) is 43.7 Å². The zero-order chi connectivity index (χ0) is 26.3. The molecule has 2 aromatic rings. The second kappa shape index (κ2) is 12.1. The number of ether oxygens (including phenoxy) is 1. The number of amides is 2. The summed E-state index contributed by atoms with van der Waals surface area (Å²) in [5.74, 6) is 0.158. The largest absolute Gasteiger partial charge is 0.497 e. The van der Waals surface area contributed by atoms with Crippen molar-refractivity contribution in [3.8, 4) is 5.75 Å². The smallest absolute Gasteiger partial charge is 0.244 e. The highest BCUT2D eigenvalue weighted by atomic mass is 32.2. The summed E-state index contributed by atoms with van der Waals surface area (Å²) in [4.78, 5) is 27.9. The van der Waals surface area contributed by atoms with Crippen molar-refractivity contribution in [3.63, 3.8) is 0 Å². The number of anilines is 1. The van der Waals surface area contributed by atoms with Gasteiger partial charge in [0.1, 0.15) is 18.3 Å². The molecule has 0 saturated carbocycles. The van der Waals surface area contributed by atoms with Crippen molar-refractivity contribution >= 4 is 27.5 Å². The van der Waals surface area contributed by atoms with Gasteiger partial charge in [0.05, 0.1) is 19.1 Å². The third-order valence-electron chi connectivity index (χ3n) is 5.66. The summed E-state index contributed by atoms with van der Waals surface area (Å²) < 4.78 is 31.7. The van der Waals surface area contributed by atoms with Crippen LogP contribution in [0.1, 0.15) is 37.5 Å². The number of carbonyl (C=O) groups is 2. The van der Waals surface area contributed by atoms with E-state index in [9.17, 15) is 18.0 Å². The topological polar surface area (TPSA) is 96.0 Å². The van der Waals surface area contributed by atoms with Crippen molar-refractivity contribution in [1.82, 2.24) is 10.2 Å². The number of benzene rings is 2. The quantitative estimate of drug-likeness (QED) is 0.508. The predicted molar refractivity (Wildman–Crippen MR) is 139 cm³/mol. The zero-order valence-electron chi connectivity index (χ0n) is 21.7. The Labute approximate surface area is 209 Å². The molecule has 0 aliphatic carbocycles. The summed E-state index contributed by atoms with van der Waals surface area (Å²) in [6.07, 6.45) is 1.08. The minimum absolute atomic E-state index is 0.142. The van der Waals surface area contributed by atoms with Crippen LogP contribution < -0.4 is 14.4 Å². The van der Waals surface area contributed by atoms with Crippen LogP contribution in [-0.2, 0) is 26.2 Å². The van der Waals surface area contributed by atoms with Crippen LogP contribution in [0.2, 0.25) is 0 Å². The van der Waals surface area contributed by atoms with E-state index in [0.29, 0.717) is 18.0 Å². The van der Waals surface area contributed by atoms with Crippen LogP contribution in [0.4, 0.5) is 5.69 Å². The van der Waals surface area contributed by atoms with Crippen LogP contribution in [0.15, 0.2) is 42.5 Å². The molecule has 0 aliphatic rings. The highest BCUT2D eigenvalue weighted by Crippen LogP contribution is 2.24. The molecule has 35 heavy (non-hydrogen) atoms. The van der Waals surface area contributed by atoms with E-state index >= 15 is 0 Å². The minimum atomic E-state index is -3.76. The maximum absolute atomic E-state index is 13.6. The highest BCUT2D eigenvalue weighted by molar-refractivity contribution is 7.92. The van der Waals surface area contributed by atoms with E-state index in [4.69, 9.17) is 4.74 Å². The highest BCUT2D eigenvalue weighted by Gasteiger charge is 2.30. The lowest BCUT2D eigenvalue weighted by atomic mass is 10.1. The lowest BCUT2D eigenvalue weighted by Crippen LogP contribution is -2.51. The molecule has 0 fully saturated rings. The first-order chi connectivity index (χ1) is 16.3. The fourth-order valence-electron chi connectivity index (χ4n) is 3.64. The first kappa shape index (κ1) is 28.2. The second-order valence-corrected chi connectivity index (χ2v) is 11.2. The fourth-order valence-corrected chi connectivity index (χ4v) is 4.55. The molecule has 1 N–H and O–H groups in total. The lowest BCUT2D eigenvalue weighted by Gasteiger charge is -2.32. The molecule has 2 amide bonds. The number of nitrogens with one attached hydrogen (secondary N) is 1. The monoisotopic (exact) mass is 503 g/mol. The van der Waals surface area contributed by atoms with Crippen LogP contribution in [-0.4, -0.2) is 57.6 Å². The second-order valence-electron chi connectivity index (χ2n) is 9.24. The maximum Gasteiger partial charge on any atom is 0.244 e. The number of methoxy groups -OCH3 is 1. The van der Waals surface area contributed by atoms with Gasteiger partial charge in [-0.25, -0.2) is 8.42 Å². The Morgan fingerprint density at radius 1 is 1.03 bits per heavy atom. The van der Waals surface area contributed by atoms with Gasteiger partial charge in [0.25, 0.3) is 0 Å². The molecular weight excluding hydrogens is 466 g/mol. The number of hydrogen-bond donors (Lipinski definition) is 1. The van der Waals surface area contributed by atoms with Crippen molar-refractivity contribution < 1.29 is 22.7 Å². The third-order valence-corrected chi connectivity index (χ3v) is 6.79. The molecule has 2 rings (SSSR count). The number of hydrogen-bond acceptors (Lipinski definition) is 5. The van der Waals surface area contributed by atoms with Crippen LogP contribution in [0.25, 0.3) is 0 Å². The first-order valence-corrected chi connectivity index (χ1v) is 13.4. The molecule has 9 heteroatoms. The van der Waals surface area contributed by atoms with Gasteiger partial charge in [0, 0.05) is 13.1 Å². The minimum Gasteiger partial charge on any atom is -0.497 e. The molecule has 0 heterocycles. The molecule has 0 saturated heterocycles. The molecule has 192 valence electrons. The van der Waals surface area contributed by atoms with Crippen molar-refractivity contribution in [1.29, 1.82) is 0 Å². The van der Waals surface area contributed by atoms with E-state index in [1.54, 1.807) is 32.2 Å². The standard InChI is InChI=1S/C26H37N3O5S/c1-18(2)15-27-26(31)21(5)28(16-22-9-11-23(34-6)12-10-22)25(30)17-29(35(7,32)33)24-13-8-19(3)14-20(24)4/h8-14,18,21H,15-17H2,1-7H3,(H,27,31)/t21-/m0/s1. The number of carbonyl (C=O) groups excluding carboxylic acids is 2. The Bertz CT molecular complexity index is 1130. The SMILES string of the molecule is COc1ccc(CN(C(=O)CN(c2ccc(C)cc2C)S(C)(=O)=O)[C@@H](C)C(=O)NCC(C)C)cc1. The molecule has 1 atom stereocenters. The summed E-state index contributed by atoms with van der Waals surface area (Å²) in [7, 11) is -2.19. The van der Waals surface area contributed by atoms with Gasteiger partial charge in [0.2, 0.25) is 21.8 Å². The zero-order valence-corrected chi connectivity index (χ0v) is 22.5. The first-order valence-electron chi connectivity index (χ1n) is 11.6. The van der Waals surface area contributed by atoms with Crippen LogP contribution in [0.3, 0.4) is 0 Å². The number of nitrogens with zero attached hydrogens (tertiary/aromatic N) is 2. The van der Waals surface area contributed by atoms with E-state index in [2.05, 4.69) is 5.32 Å². The molecule has 0 spiro atoms. The van der Waals surface area contributed by atoms with Crippen LogP contribution in [0, 0.1) is 19.8 Å². The molecule has 2 aromatic carbocycles. The summed E-state index contributed by atoms with van der Waals surface area (Å²) in [5, 5.41) is 2.87. The Kier molecular flexibility index (Phi) is 9.71. The number of sulfonamides is 1. The van der Waals surface area contributed by atoms with Gasteiger partial charge in [-0.15, -0.1) is 0 Å². The van der Waals surface area contributed by atoms with Crippen molar-refractivity contribution in [2.75, 3.05) is 30.8 Å². The fraction of sp³-hybridized carbons (Fsp3) is 0.462. The summed E-state index contributed by atoms with van der Waals surface area (Å²) in [5.41, 5.74) is 2.96. The number of aryl methyl sites for hydroxylation is 2. The van der Waals surface area contributed by atoms with Crippen LogP contribution >= 0.6 is 0 Å². The van der Waals surface area contributed by atoms with E-state index in [1.807, 2.05) is 52.0 Å². The van der Waals surface area contributed by atoms with E-state index < -0.39 is 28.5 Å². The molecule has 0 aliphatic heterocycles. The summed E-state index contributed by atoms with van der Waals surface area (Å²) in [6.45, 7) is 9.55. The average molecular weight is 504 g/mol. The van der Waals surface area contributed by atoms with Crippen molar-refractivity contribution in [2.24, 2.45) is 5.92 Å². The third kappa shape index (κ3) is 7.99.